The van der Waals surface area contributed by atoms with Crippen LogP contribution in [-0.4, -0.2) is 19.7 Å². The Bertz CT molecular complexity index is 472. The maximum absolute atomic E-state index is 5.54. The molecule has 0 fully saturated rings. The molecule has 0 aliphatic heterocycles. The van der Waals surface area contributed by atoms with Gasteiger partial charge in [-0.1, -0.05) is 6.92 Å². The molecule has 2 aromatic heterocycles. The van der Waals surface area contributed by atoms with Crippen molar-refractivity contribution in [2.75, 3.05) is 5.73 Å². The standard InChI is InChI=1S/C11H15N5/c1-3-4-10-14-11(16(2)15-10)8-5-6-9(12)13-7-8/h5-7H,3-4H2,1-2H3,(H2,12,13). The number of nitrogens with two attached hydrogens (primary N) is 1. The zero-order valence-corrected chi connectivity index (χ0v) is 9.51. The third-order valence-corrected chi connectivity index (χ3v) is 2.33. The summed E-state index contributed by atoms with van der Waals surface area (Å²) in [5, 5.41) is 4.35. The molecule has 0 saturated carbocycles. The summed E-state index contributed by atoms with van der Waals surface area (Å²) in [6, 6.07) is 3.67. The van der Waals surface area contributed by atoms with Crippen LogP contribution in [0.5, 0.6) is 0 Å². The molecular weight excluding hydrogens is 202 g/mol. The molecule has 0 aliphatic rings. The fourth-order valence-electron chi connectivity index (χ4n) is 1.56. The van der Waals surface area contributed by atoms with Crippen molar-refractivity contribution in [3.63, 3.8) is 0 Å². The fraction of sp³-hybridized carbons (Fsp3) is 0.364. The van der Waals surface area contributed by atoms with Crippen molar-refractivity contribution in [1.29, 1.82) is 0 Å². The van der Waals surface area contributed by atoms with E-state index in [-0.39, 0.29) is 0 Å². The first-order chi connectivity index (χ1) is 7.70. The van der Waals surface area contributed by atoms with E-state index in [1.54, 1.807) is 16.9 Å². The molecule has 0 spiro atoms. The molecule has 0 aromatic carbocycles. The summed E-state index contributed by atoms with van der Waals surface area (Å²) in [4.78, 5) is 8.52. The Hall–Kier alpha value is -1.91. The number of nitrogens with zero attached hydrogens (tertiary/aromatic N) is 4. The van der Waals surface area contributed by atoms with Crippen LogP contribution in [0.25, 0.3) is 11.4 Å². The number of pyridine rings is 1. The Kier molecular flexibility index (Phi) is 2.85. The molecule has 2 aromatic rings. The van der Waals surface area contributed by atoms with Crippen LogP contribution in [0, 0.1) is 0 Å². The molecule has 0 unspecified atom stereocenters. The third-order valence-electron chi connectivity index (χ3n) is 2.33. The summed E-state index contributed by atoms with van der Waals surface area (Å²) in [6.07, 6.45) is 3.66. The lowest BCUT2D eigenvalue weighted by Crippen LogP contribution is -1.96. The third kappa shape index (κ3) is 2.03. The van der Waals surface area contributed by atoms with Crippen molar-refractivity contribution in [3.8, 4) is 11.4 Å². The van der Waals surface area contributed by atoms with E-state index >= 15 is 0 Å². The van der Waals surface area contributed by atoms with E-state index in [0.717, 1.165) is 30.1 Å². The molecule has 0 radical (unpaired) electrons. The van der Waals surface area contributed by atoms with E-state index in [4.69, 9.17) is 5.73 Å². The van der Waals surface area contributed by atoms with E-state index in [9.17, 15) is 0 Å². The van der Waals surface area contributed by atoms with Gasteiger partial charge in [-0.3, -0.25) is 0 Å². The molecule has 0 bridgehead atoms. The number of rotatable bonds is 3. The van der Waals surface area contributed by atoms with Crippen LogP contribution in [0.2, 0.25) is 0 Å². The average Bonchev–Trinajstić information content (AvgIpc) is 2.61. The highest BCUT2D eigenvalue weighted by Crippen LogP contribution is 2.16. The van der Waals surface area contributed by atoms with Gasteiger partial charge in [0.2, 0.25) is 0 Å². The molecule has 0 atom stereocenters. The van der Waals surface area contributed by atoms with Crippen molar-refractivity contribution in [1.82, 2.24) is 19.7 Å². The number of nitrogen functional groups attached to an aromatic ring is 1. The van der Waals surface area contributed by atoms with Crippen molar-refractivity contribution in [2.45, 2.75) is 19.8 Å². The SMILES string of the molecule is CCCc1nc(-c2ccc(N)nc2)n(C)n1. The van der Waals surface area contributed by atoms with E-state index < -0.39 is 0 Å². The van der Waals surface area contributed by atoms with Gasteiger partial charge in [-0.2, -0.15) is 5.10 Å². The van der Waals surface area contributed by atoms with Gasteiger partial charge < -0.3 is 5.73 Å². The highest BCUT2D eigenvalue weighted by molar-refractivity contribution is 5.55. The topological polar surface area (TPSA) is 69.6 Å². The molecule has 0 saturated heterocycles. The van der Waals surface area contributed by atoms with E-state index in [1.165, 1.54) is 0 Å². The number of aryl methyl sites for hydroxylation is 2. The Morgan fingerprint density at radius 1 is 1.38 bits per heavy atom. The molecular formula is C11H15N5. The van der Waals surface area contributed by atoms with Gasteiger partial charge in [-0.25, -0.2) is 14.6 Å². The molecule has 0 aliphatic carbocycles. The van der Waals surface area contributed by atoms with Crippen LogP contribution >= 0.6 is 0 Å². The highest BCUT2D eigenvalue weighted by Gasteiger charge is 2.08. The molecule has 2 heterocycles. The van der Waals surface area contributed by atoms with Crippen molar-refractivity contribution < 1.29 is 0 Å². The van der Waals surface area contributed by atoms with Gasteiger partial charge >= 0.3 is 0 Å². The summed E-state index contributed by atoms with van der Waals surface area (Å²) in [5.41, 5.74) is 6.48. The maximum Gasteiger partial charge on any atom is 0.159 e. The lowest BCUT2D eigenvalue weighted by atomic mass is 10.2. The largest absolute Gasteiger partial charge is 0.384 e. The lowest BCUT2D eigenvalue weighted by molar-refractivity contribution is 0.737. The summed E-state index contributed by atoms with van der Waals surface area (Å²) >= 11 is 0. The van der Waals surface area contributed by atoms with Gasteiger partial charge in [-0.05, 0) is 18.6 Å². The summed E-state index contributed by atoms with van der Waals surface area (Å²) in [7, 11) is 1.89. The maximum atomic E-state index is 5.54. The van der Waals surface area contributed by atoms with Crippen LogP contribution in [-0.2, 0) is 13.5 Å². The van der Waals surface area contributed by atoms with Crippen molar-refractivity contribution in [3.05, 3.63) is 24.2 Å². The molecule has 16 heavy (non-hydrogen) atoms. The second kappa shape index (κ2) is 4.30. The average molecular weight is 217 g/mol. The fourth-order valence-corrected chi connectivity index (χ4v) is 1.56. The Morgan fingerprint density at radius 2 is 2.19 bits per heavy atom. The van der Waals surface area contributed by atoms with E-state index in [2.05, 4.69) is 22.0 Å². The number of hydrogen-bond acceptors (Lipinski definition) is 4. The van der Waals surface area contributed by atoms with Gasteiger partial charge in [0, 0.05) is 25.2 Å². The zero-order chi connectivity index (χ0) is 11.5. The normalized spacial score (nSPS) is 10.6. The predicted octanol–water partition coefficient (Wildman–Crippen LogP) is 1.41. The summed E-state index contributed by atoms with van der Waals surface area (Å²) < 4.78 is 1.78. The number of anilines is 1. The van der Waals surface area contributed by atoms with E-state index in [1.807, 2.05) is 13.1 Å². The van der Waals surface area contributed by atoms with Crippen LogP contribution in [0.3, 0.4) is 0 Å². The minimum atomic E-state index is 0.514. The molecule has 0 amide bonds. The highest BCUT2D eigenvalue weighted by atomic mass is 15.3. The van der Waals surface area contributed by atoms with Gasteiger partial charge in [-0.15, -0.1) is 0 Å². The van der Waals surface area contributed by atoms with Crippen LogP contribution < -0.4 is 5.73 Å². The first-order valence-corrected chi connectivity index (χ1v) is 5.32. The van der Waals surface area contributed by atoms with E-state index in [0.29, 0.717) is 5.82 Å². The number of hydrogen-bond donors (Lipinski definition) is 1. The second-order valence-electron chi connectivity index (χ2n) is 3.70. The summed E-state index contributed by atoms with van der Waals surface area (Å²) in [5.74, 6) is 2.22. The van der Waals surface area contributed by atoms with Crippen LogP contribution in [0.4, 0.5) is 5.82 Å². The first kappa shape index (κ1) is 10.6. The first-order valence-electron chi connectivity index (χ1n) is 5.32. The smallest absolute Gasteiger partial charge is 0.159 e. The Balaban J connectivity index is 2.36. The molecule has 5 nitrogen and oxygen atoms in total. The second-order valence-corrected chi connectivity index (χ2v) is 3.70. The minimum absolute atomic E-state index is 0.514. The molecule has 2 N–H and O–H groups in total. The van der Waals surface area contributed by atoms with Crippen molar-refractivity contribution in [2.24, 2.45) is 7.05 Å². The van der Waals surface area contributed by atoms with Gasteiger partial charge in [0.25, 0.3) is 0 Å². The quantitative estimate of drug-likeness (QED) is 0.844. The van der Waals surface area contributed by atoms with Gasteiger partial charge in [0.05, 0.1) is 0 Å². The molecule has 5 heteroatoms. The minimum Gasteiger partial charge on any atom is -0.384 e. The van der Waals surface area contributed by atoms with Gasteiger partial charge in [0.1, 0.15) is 5.82 Å². The number of aromatic nitrogens is 4. The van der Waals surface area contributed by atoms with Crippen molar-refractivity contribution >= 4 is 5.82 Å². The lowest BCUT2D eigenvalue weighted by Gasteiger charge is -1.99. The Morgan fingerprint density at radius 3 is 2.81 bits per heavy atom. The van der Waals surface area contributed by atoms with Gasteiger partial charge in [0.15, 0.2) is 11.6 Å². The summed E-state index contributed by atoms with van der Waals surface area (Å²) in [6.45, 7) is 2.11. The van der Waals surface area contributed by atoms with Crippen LogP contribution in [0.1, 0.15) is 19.2 Å². The monoisotopic (exact) mass is 217 g/mol. The zero-order valence-electron chi connectivity index (χ0n) is 9.51. The predicted molar refractivity (Wildman–Crippen MR) is 62.6 cm³/mol. The van der Waals surface area contributed by atoms with Crippen LogP contribution in [0.15, 0.2) is 18.3 Å². The Labute approximate surface area is 94.3 Å². The molecule has 84 valence electrons. The molecule has 2 rings (SSSR count).